The Kier molecular flexibility index (Phi) is 7.07. The number of sulfonamides is 1. The number of carbonyl (C=O) groups excluding carboxylic acids is 2. The van der Waals surface area contributed by atoms with Crippen LogP contribution in [0.25, 0.3) is 0 Å². The zero-order chi connectivity index (χ0) is 22.6. The van der Waals surface area contributed by atoms with E-state index in [1.165, 1.54) is 16.4 Å². The molecule has 31 heavy (non-hydrogen) atoms. The van der Waals surface area contributed by atoms with Crippen molar-refractivity contribution in [2.45, 2.75) is 37.6 Å². The third-order valence-electron chi connectivity index (χ3n) is 5.06. The highest BCUT2D eigenvalue weighted by Crippen LogP contribution is 2.25. The van der Waals surface area contributed by atoms with Crippen LogP contribution in [0.15, 0.2) is 53.4 Å². The van der Waals surface area contributed by atoms with Gasteiger partial charge < -0.3 is 10.6 Å². The van der Waals surface area contributed by atoms with Crippen LogP contribution in [-0.2, 0) is 14.8 Å². The number of carbonyl (C=O) groups is 2. The van der Waals surface area contributed by atoms with Crippen molar-refractivity contribution in [1.29, 1.82) is 0 Å². The number of anilines is 1. The molecule has 1 fully saturated rings. The Morgan fingerprint density at radius 1 is 1.10 bits per heavy atom. The van der Waals surface area contributed by atoms with E-state index >= 15 is 0 Å². The van der Waals surface area contributed by atoms with Crippen LogP contribution in [-0.4, -0.2) is 43.7 Å². The molecule has 0 aromatic heterocycles. The molecule has 1 saturated heterocycles. The number of halogens is 1. The topological polar surface area (TPSA) is 95.6 Å². The summed E-state index contributed by atoms with van der Waals surface area (Å²) in [5.74, 6) is -1.72. The highest BCUT2D eigenvalue weighted by atomic mass is 32.2. The van der Waals surface area contributed by atoms with E-state index in [9.17, 15) is 22.4 Å². The molecule has 0 saturated carbocycles. The second-order valence-corrected chi connectivity index (χ2v) is 9.76. The highest BCUT2D eigenvalue weighted by Gasteiger charge is 2.33. The largest absolute Gasteiger partial charge is 0.350 e. The fourth-order valence-electron chi connectivity index (χ4n) is 3.50. The molecule has 2 amide bonds. The van der Waals surface area contributed by atoms with E-state index in [1.807, 2.05) is 13.8 Å². The van der Waals surface area contributed by atoms with Gasteiger partial charge in [0.15, 0.2) is 0 Å². The van der Waals surface area contributed by atoms with Gasteiger partial charge in [0.05, 0.1) is 22.1 Å². The van der Waals surface area contributed by atoms with E-state index in [4.69, 9.17) is 0 Å². The summed E-state index contributed by atoms with van der Waals surface area (Å²) in [4.78, 5) is 25.3. The molecule has 9 heteroatoms. The van der Waals surface area contributed by atoms with Crippen molar-refractivity contribution in [3.63, 3.8) is 0 Å². The van der Waals surface area contributed by atoms with Gasteiger partial charge in [0.25, 0.3) is 5.91 Å². The lowest BCUT2D eigenvalue weighted by Crippen LogP contribution is -2.43. The molecule has 0 unspecified atom stereocenters. The van der Waals surface area contributed by atoms with Gasteiger partial charge in [-0.15, -0.1) is 0 Å². The number of rotatable bonds is 6. The number of hydrogen-bond donors (Lipinski definition) is 2. The summed E-state index contributed by atoms with van der Waals surface area (Å²) in [5, 5.41) is 5.58. The van der Waals surface area contributed by atoms with Crippen LogP contribution in [0.5, 0.6) is 0 Å². The second-order valence-electron chi connectivity index (χ2n) is 7.82. The number of amides is 2. The van der Waals surface area contributed by atoms with Gasteiger partial charge in [-0.1, -0.05) is 12.1 Å². The van der Waals surface area contributed by atoms with Crippen LogP contribution in [0.2, 0.25) is 0 Å². The van der Waals surface area contributed by atoms with Crippen LogP contribution in [0, 0.1) is 11.7 Å². The number of nitrogens with one attached hydrogen (secondary N) is 2. The summed E-state index contributed by atoms with van der Waals surface area (Å²) in [5.41, 5.74) is 0.723. The van der Waals surface area contributed by atoms with Gasteiger partial charge >= 0.3 is 0 Å². The first-order chi connectivity index (χ1) is 14.7. The minimum atomic E-state index is -3.83. The van der Waals surface area contributed by atoms with Crippen molar-refractivity contribution < 1.29 is 22.4 Å². The predicted octanol–water partition coefficient (Wildman–Crippen LogP) is 3.00. The van der Waals surface area contributed by atoms with Crippen molar-refractivity contribution in [3.05, 3.63) is 59.9 Å². The molecule has 2 N–H and O–H groups in total. The van der Waals surface area contributed by atoms with Crippen LogP contribution >= 0.6 is 0 Å². The molecular formula is C22H26FN3O4S. The molecule has 0 radical (unpaired) electrons. The van der Waals surface area contributed by atoms with Gasteiger partial charge in [-0.05, 0) is 63.1 Å². The molecule has 1 atom stereocenters. The molecule has 0 bridgehead atoms. The zero-order valence-corrected chi connectivity index (χ0v) is 18.3. The summed E-state index contributed by atoms with van der Waals surface area (Å²) in [6.07, 6.45) is 1.05. The average Bonchev–Trinajstić information content (AvgIpc) is 2.74. The van der Waals surface area contributed by atoms with Gasteiger partial charge in [0.1, 0.15) is 5.82 Å². The molecule has 0 spiro atoms. The normalized spacial score (nSPS) is 17.4. The molecule has 1 heterocycles. The zero-order valence-electron chi connectivity index (χ0n) is 17.5. The standard InChI is InChI=1S/C22H26FN3O4S/c1-15(2)24-22(28)19-7-3-4-8-20(19)25-21(27)16-6-5-13-26(14-16)31(29,30)18-11-9-17(23)10-12-18/h3-4,7-12,15-16H,5-6,13-14H2,1-2H3,(H,24,28)(H,25,27)/t16-/m0/s1. The monoisotopic (exact) mass is 447 g/mol. The van der Waals surface area contributed by atoms with E-state index in [0.29, 0.717) is 24.1 Å². The first-order valence-corrected chi connectivity index (χ1v) is 11.6. The van der Waals surface area contributed by atoms with Crippen molar-refractivity contribution in [2.75, 3.05) is 18.4 Å². The molecule has 166 valence electrons. The lowest BCUT2D eigenvalue weighted by Gasteiger charge is -2.31. The molecule has 0 aliphatic carbocycles. The molecule has 1 aliphatic rings. The summed E-state index contributed by atoms with van der Waals surface area (Å²) < 4.78 is 40.2. The van der Waals surface area contributed by atoms with Gasteiger partial charge in [-0.3, -0.25) is 9.59 Å². The van der Waals surface area contributed by atoms with Gasteiger partial charge in [-0.25, -0.2) is 12.8 Å². The molecule has 2 aromatic rings. The molecule has 7 nitrogen and oxygen atoms in total. The van der Waals surface area contributed by atoms with E-state index in [0.717, 1.165) is 12.1 Å². The van der Waals surface area contributed by atoms with Gasteiger partial charge in [0.2, 0.25) is 15.9 Å². The minimum Gasteiger partial charge on any atom is -0.350 e. The lowest BCUT2D eigenvalue weighted by molar-refractivity contribution is -0.120. The Labute approximate surface area is 181 Å². The van der Waals surface area contributed by atoms with E-state index in [1.54, 1.807) is 24.3 Å². The van der Waals surface area contributed by atoms with Gasteiger partial charge in [-0.2, -0.15) is 4.31 Å². The fraction of sp³-hybridized carbons (Fsp3) is 0.364. The average molecular weight is 448 g/mol. The smallest absolute Gasteiger partial charge is 0.253 e. The first kappa shape index (κ1) is 22.9. The van der Waals surface area contributed by atoms with Crippen LogP contribution < -0.4 is 10.6 Å². The number of hydrogen-bond acceptors (Lipinski definition) is 4. The van der Waals surface area contributed by atoms with E-state index in [-0.39, 0.29) is 35.8 Å². The summed E-state index contributed by atoms with van der Waals surface area (Å²) in [6, 6.07) is 11.3. The maximum absolute atomic E-state index is 13.2. The van der Waals surface area contributed by atoms with Crippen molar-refractivity contribution in [2.24, 2.45) is 5.92 Å². The first-order valence-electron chi connectivity index (χ1n) is 10.1. The van der Waals surface area contributed by atoms with Crippen LogP contribution in [0.3, 0.4) is 0 Å². The molecule has 1 aliphatic heterocycles. The van der Waals surface area contributed by atoms with Crippen LogP contribution in [0.4, 0.5) is 10.1 Å². The Bertz CT molecular complexity index is 1050. The number of piperidine rings is 1. The van der Waals surface area contributed by atoms with Crippen molar-refractivity contribution in [3.8, 4) is 0 Å². The fourth-order valence-corrected chi connectivity index (χ4v) is 5.02. The van der Waals surface area contributed by atoms with Gasteiger partial charge in [0, 0.05) is 19.1 Å². The van der Waals surface area contributed by atoms with Crippen molar-refractivity contribution in [1.82, 2.24) is 9.62 Å². The number of para-hydroxylation sites is 1. The van der Waals surface area contributed by atoms with Crippen LogP contribution in [0.1, 0.15) is 37.0 Å². The number of benzene rings is 2. The van der Waals surface area contributed by atoms with Crippen molar-refractivity contribution >= 4 is 27.5 Å². The number of nitrogens with zero attached hydrogens (tertiary/aromatic N) is 1. The lowest BCUT2D eigenvalue weighted by atomic mass is 9.98. The maximum atomic E-state index is 13.2. The summed E-state index contributed by atoms with van der Waals surface area (Å²) in [7, 11) is -3.83. The molecular weight excluding hydrogens is 421 g/mol. The third kappa shape index (κ3) is 5.48. The maximum Gasteiger partial charge on any atom is 0.253 e. The van der Waals surface area contributed by atoms with E-state index < -0.39 is 21.8 Å². The third-order valence-corrected chi connectivity index (χ3v) is 6.94. The Morgan fingerprint density at radius 3 is 2.45 bits per heavy atom. The molecule has 2 aromatic carbocycles. The van der Waals surface area contributed by atoms with E-state index in [2.05, 4.69) is 10.6 Å². The Balaban J connectivity index is 1.74. The Morgan fingerprint density at radius 2 is 1.77 bits per heavy atom. The summed E-state index contributed by atoms with van der Waals surface area (Å²) in [6.45, 7) is 4.00. The predicted molar refractivity (Wildman–Crippen MR) is 116 cm³/mol. The summed E-state index contributed by atoms with van der Waals surface area (Å²) >= 11 is 0. The molecule has 3 rings (SSSR count). The SMILES string of the molecule is CC(C)NC(=O)c1ccccc1NC(=O)[C@H]1CCCN(S(=O)(=O)c2ccc(F)cc2)C1. The minimum absolute atomic E-state index is 0.00865. The second kappa shape index (κ2) is 9.57. The quantitative estimate of drug-likeness (QED) is 0.712. The Hall–Kier alpha value is -2.78. The highest BCUT2D eigenvalue weighted by molar-refractivity contribution is 7.89.